The fraction of sp³-hybridized carbons (Fsp3) is 0.400. The van der Waals surface area contributed by atoms with Crippen LogP contribution in [0.1, 0.15) is 24.6 Å². The molecule has 0 atom stereocenters. The number of anilines is 1. The Balaban J connectivity index is 1.48. The summed E-state index contributed by atoms with van der Waals surface area (Å²) in [6.45, 7) is 0.499. The van der Waals surface area contributed by atoms with Crippen LogP contribution in [0, 0.1) is 5.92 Å². The van der Waals surface area contributed by atoms with Gasteiger partial charge in [-0.3, -0.25) is 4.68 Å². The maximum absolute atomic E-state index is 5.28. The first-order valence-electron chi connectivity index (χ1n) is 7.26. The van der Waals surface area contributed by atoms with Crippen LogP contribution in [0.4, 0.5) is 5.82 Å². The minimum absolute atomic E-state index is 0.499. The van der Waals surface area contributed by atoms with Gasteiger partial charge in [0.2, 0.25) is 5.89 Å². The first-order chi connectivity index (χ1) is 10.3. The Labute approximate surface area is 122 Å². The maximum atomic E-state index is 5.28. The van der Waals surface area contributed by atoms with E-state index in [4.69, 9.17) is 4.52 Å². The Bertz CT molecular complexity index is 771. The summed E-state index contributed by atoms with van der Waals surface area (Å²) < 4.78 is 7.14. The third kappa shape index (κ3) is 2.49. The fourth-order valence-corrected chi connectivity index (χ4v) is 2.53. The van der Waals surface area contributed by atoms with E-state index < -0.39 is 0 Å². The highest BCUT2D eigenvalue weighted by Gasteiger charge is 2.24. The number of benzene rings is 1. The molecule has 1 fully saturated rings. The molecule has 0 amide bonds. The summed E-state index contributed by atoms with van der Waals surface area (Å²) in [5.74, 6) is 3.04. The third-order valence-electron chi connectivity index (χ3n) is 3.84. The van der Waals surface area contributed by atoms with Gasteiger partial charge in [-0.15, -0.1) is 0 Å². The number of nitrogens with one attached hydrogen (secondary N) is 1. The van der Waals surface area contributed by atoms with Crippen LogP contribution in [-0.2, 0) is 20.0 Å². The summed E-state index contributed by atoms with van der Waals surface area (Å²) >= 11 is 0. The number of rotatable bonds is 5. The van der Waals surface area contributed by atoms with E-state index in [1.165, 1.54) is 12.8 Å². The monoisotopic (exact) mass is 283 g/mol. The number of hydrogen-bond donors (Lipinski definition) is 1. The molecule has 6 nitrogen and oxygen atoms in total. The quantitative estimate of drug-likeness (QED) is 0.779. The molecule has 0 bridgehead atoms. The van der Waals surface area contributed by atoms with E-state index in [2.05, 4.69) is 26.6 Å². The summed E-state index contributed by atoms with van der Waals surface area (Å²) in [5.41, 5.74) is 1.10. The normalized spacial score (nSPS) is 14.7. The lowest BCUT2D eigenvalue weighted by atomic mass is 10.2. The maximum Gasteiger partial charge on any atom is 0.245 e. The second-order valence-corrected chi connectivity index (χ2v) is 5.59. The molecule has 108 valence electrons. The Kier molecular flexibility index (Phi) is 2.87. The average Bonchev–Trinajstić information content (AvgIpc) is 3.10. The smallest absolute Gasteiger partial charge is 0.245 e. The molecule has 0 aliphatic heterocycles. The number of para-hydroxylation sites is 1. The van der Waals surface area contributed by atoms with E-state index >= 15 is 0 Å². The molecule has 1 aliphatic rings. The van der Waals surface area contributed by atoms with Gasteiger partial charge in [-0.25, -0.2) is 0 Å². The predicted molar refractivity (Wildman–Crippen MR) is 78.8 cm³/mol. The Morgan fingerprint density at radius 1 is 1.33 bits per heavy atom. The van der Waals surface area contributed by atoms with Gasteiger partial charge in [0.25, 0.3) is 0 Å². The molecule has 1 aromatic carbocycles. The highest BCUT2D eigenvalue weighted by molar-refractivity contribution is 5.90. The second kappa shape index (κ2) is 4.87. The summed E-state index contributed by atoms with van der Waals surface area (Å²) in [6, 6.07) is 8.12. The lowest BCUT2D eigenvalue weighted by Crippen LogP contribution is -2.01. The third-order valence-corrected chi connectivity index (χ3v) is 3.84. The van der Waals surface area contributed by atoms with Crippen molar-refractivity contribution in [2.45, 2.75) is 25.8 Å². The minimum Gasteiger partial charge on any atom is -0.359 e. The van der Waals surface area contributed by atoms with Gasteiger partial charge in [0.05, 0.1) is 12.1 Å². The molecule has 21 heavy (non-hydrogen) atoms. The van der Waals surface area contributed by atoms with E-state index in [0.29, 0.717) is 12.4 Å². The van der Waals surface area contributed by atoms with Crippen molar-refractivity contribution in [3.8, 4) is 0 Å². The molecule has 4 rings (SSSR count). The SMILES string of the molecule is Cn1nc(NCc2nc(CC3CC3)no2)c2ccccc21. The minimum atomic E-state index is 0.499. The van der Waals surface area contributed by atoms with Crippen LogP contribution in [0.15, 0.2) is 28.8 Å². The summed E-state index contributed by atoms with van der Waals surface area (Å²) in [5, 5.41) is 12.9. The predicted octanol–water partition coefficient (Wildman–Crippen LogP) is 2.52. The first kappa shape index (κ1) is 12.4. The molecule has 6 heteroatoms. The van der Waals surface area contributed by atoms with Gasteiger partial charge in [0, 0.05) is 18.9 Å². The molecular formula is C15H17N5O. The van der Waals surface area contributed by atoms with Crippen molar-refractivity contribution in [2.75, 3.05) is 5.32 Å². The van der Waals surface area contributed by atoms with Gasteiger partial charge in [-0.1, -0.05) is 17.3 Å². The molecule has 2 heterocycles. The molecule has 3 aromatic rings. The van der Waals surface area contributed by atoms with Crippen molar-refractivity contribution in [1.82, 2.24) is 19.9 Å². The zero-order valence-corrected chi connectivity index (χ0v) is 11.9. The van der Waals surface area contributed by atoms with Gasteiger partial charge < -0.3 is 9.84 Å². The standard InChI is InChI=1S/C15H17N5O/c1-20-12-5-3-2-4-11(12)15(18-20)16-9-14-17-13(19-21-14)8-10-6-7-10/h2-5,10H,6-9H2,1H3,(H,16,18). The Morgan fingerprint density at radius 2 is 2.19 bits per heavy atom. The van der Waals surface area contributed by atoms with Gasteiger partial charge in [-0.05, 0) is 30.9 Å². The highest BCUT2D eigenvalue weighted by atomic mass is 16.5. The highest BCUT2D eigenvalue weighted by Crippen LogP contribution is 2.31. The second-order valence-electron chi connectivity index (χ2n) is 5.59. The molecule has 0 unspecified atom stereocenters. The van der Waals surface area contributed by atoms with E-state index in [1.807, 2.05) is 29.9 Å². The van der Waals surface area contributed by atoms with Crippen LogP contribution in [0.5, 0.6) is 0 Å². The Hall–Kier alpha value is -2.37. The average molecular weight is 283 g/mol. The van der Waals surface area contributed by atoms with Crippen LogP contribution < -0.4 is 5.32 Å². The van der Waals surface area contributed by atoms with Crippen LogP contribution in [0.2, 0.25) is 0 Å². The lowest BCUT2D eigenvalue weighted by molar-refractivity contribution is 0.377. The molecule has 0 radical (unpaired) electrons. The molecular weight excluding hydrogens is 266 g/mol. The summed E-state index contributed by atoms with van der Waals surface area (Å²) in [4.78, 5) is 4.42. The van der Waals surface area contributed by atoms with E-state index in [1.54, 1.807) is 0 Å². The number of aromatic nitrogens is 4. The number of fused-ring (bicyclic) bond motifs is 1. The molecule has 0 spiro atoms. The van der Waals surface area contributed by atoms with Crippen molar-refractivity contribution in [2.24, 2.45) is 13.0 Å². The molecule has 2 aromatic heterocycles. The van der Waals surface area contributed by atoms with E-state index in [9.17, 15) is 0 Å². The van der Waals surface area contributed by atoms with Gasteiger partial charge >= 0.3 is 0 Å². The topological polar surface area (TPSA) is 68.8 Å². The Morgan fingerprint density at radius 3 is 3.05 bits per heavy atom. The van der Waals surface area contributed by atoms with E-state index in [0.717, 1.165) is 34.9 Å². The summed E-state index contributed by atoms with van der Waals surface area (Å²) in [7, 11) is 1.94. The number of hydrogen-bond acceptors (Lipinski definition) is 5. The van der Waals surface area contributed by atoms with Crippen LogP contribution in [0.3, 0.4) is 0 Å². The van der Waals surface area contributed by atoms with Gasteiger partial charge in [-0.2, -0.15) is 10.1 Å². The first-order valence-corrected chi connectivity index (χ1v) is 7.26. The zero-order valence-electron chi connectivity index (χ0n) is 11.9. The molecule has 1 aliphatic carbocycles. The fourth-order valence-electron chi connectivity index (χ4n) is 2.53. The van der Waals surface area contributed by atoms with Gasteiger partial charge in [0.15, 0.2) is 11.6 Å². The van der Waals surface area contributed by atoms with Crippen molar-refractivity contribution < 1.29 is 4.52 Å². The number of aryl methyl sites for hydroxylation is 1. The van der Waals surface area contributed by atoms with Crippen LogP contribution in [-0.4, -0.2) is 19.9 Å². The summed E-state index contributed by atoms with van der Waals surface area (Å²) in [6.07, 6.45) is 3.53. The van der Waals surface area contributed by atoms with Crippen LogP contribution >= 0.6 is 0 Å². The largest absolute Gasteiger partial charge is 0.359 e. The van der Waals surface area contributed by atoms with Crippen molar-refractivity contribution in [3.63, 3.8) is 0 Å². The van der Waals surface area contributed by atoms with E-state index in [-0.39, 0.29) is 0 Å². The molecule has 1 saturated carbocycles. The molecule has 0 saturated heterocycles. The zero-order chi connectivity index (χ0) is 14.2. The van der Waals surface area contributed by atoms with Gasteiger partial charge in [0.1, 0.15) is 0 Å². The van der Waals surface area contributed by atoms with Crippen molar-refractivity contribution in [3.05, 3.63) is 36.0 Å². The van der Waals surface area contributed by atoms with Crippen molar-refractivity contribution >= 4 is 16.7 Å². The van der Waals surface area contributed by atoms with Crippen molar-refractivity contribution in [1.29, 1.82) is 0 Å². The number of nitrogens with zero attached hydrogens (tertiary/aromatic N) is 4. The molecule has 1 N–H and O–H groups in total. The lowest BCUT2D eigenvalue weighted by Gasteiger charge is -1.98. The van der Waals surface area contributed by atoms with Crippen LogP contribution in [0.25, 0.3) is 10.9 Å².